The van der Waals surface area contributed by atoms with Crippen LogP contribution >= 0.6 is 0 Å². The molecule has 1 heterocycles. The van der Waals surface area contributed by atoms with Gasteiger partial charge in [0.15, 0.2) is 5.82 Å². The first-order valence-electron chi connectivity index (χ1n) is 9.01. The van der Waals surface area contributed by atoms with E-state index in [0.29, 0.717) is 22.4 Å². The molecule has 3 aromatic rings. The van der Waals surface area contributed by atoms with Crippen LogP contribution in [-0.4, -0.2) is 17.1 Å². The third-order valence-electron chi connectivity index (χ3n) is 4.04. The van der Waals surface area contributed by atoms with Crippen LogP contribution in [-0.2, 0) is 6.18 Å². The number of rotatable bonds is 3. The van der Waals surface area contributed by atoms with Gasteiger partial charge in [-0.05, 0) is 53.9 Å². The first kappa shape index (κ1) is 24.8. The van der Waals surface area contributed by atoms with E-state index >= 15 is 0 Å². The van der Waals surface area contributed by atoms with Gasteiger partial charge in [0, 0.05) is 18.8 Å². The molecule has 0 spiro atoms. The van der Waals surface area contributed by atoms with Gasteiger partial charge in [-0.15, -0.1) is 0 Å². The van der Waals surface area contributed by atoms with E-state index in [1.165, 1.54) is 18.3 Å². The number of alkyl halides is 6. The minimum atomic E-state index is -4.43. The normalized spacial score (nSPS) is 11.4. The van der Waals surface area contributed by atoms with Gasteiger partial charge in [-0.2, -0.15) is 26.3 Å². The number of halogens is 7. The third kappa shape index (κ3) is 7.36. The average Bonchev–Trinajstić information content (AvgIpc) is 2.67. The molecule has 0 unspecified atom stereocenters. The maximum absolute atomic E-state index is 13.6. The van der Waals surface area contributed by atoms with Crippen LogP contribution in [0.25, 0.3) is 11.1 Å². The van der Waals surface area contributed by atoms with E-state index in [2.05, 4.69) is 10.3 Å². The summed E-state index contributed by atoms with van der Waals surface area (Å²) in [4.78, 5) is 15.7. The quantitative estimate of drug-likeness (QED) is 0.428. The summed E-state index contributed by atoms with van der Waals surface area (Å²) < 4.78 is 83.5. The van der Waals surface area contributed by atoms with Gasteiger partial charge in [0.2, 0.25) is 0 Å². The molecule has 32 heavy (non-hydrogen) atoms. The Labute approximate surface area is 178 Å². The fourth-order valence-electron chi connectivity index (χ4n) is 2.60. The molecule has 0 saturated carbocycles. The van der Waals surface area contributed by atoms with Gasteiger partial charge >= 0.3 is 12.4 Å². The molecule has 0 aliphatic heterocycles. The average molecular weight is 458 g/mol. The molecule has 0 aliphatic carbocycles. The van der Waals surface area contributed by atoms with E-state index in [1.807, 2.05) is 0 Å². The molecule has 1 amide bonds. The second-order valence-corrected chi connectivity index (χ2v) is 6.70. The first-order chi connectivity index (χ1) is 14.8. The zero-order valence-corrected chi connectivity index (χ0v) is 16.8. The molecule has 3 rings (SSSR count). The minimum Gasteiger partial charge on any atom is -0.322 e. The monoisotopic (exact) mass is 458 g/mol. The minimum absolute atomic E-state index is 0.150. The van der Waals surface area contributed by atoms with Crippen molar-refractivity contribution in [2.45, 2.75) is 26.2 Å². The molecule has 0 radical (unpaired) electrons. The number of nitrogens with one attached hydrogen (secondary N) is 1. The number of benzene rings is 2. The number of carbonyl (C=O) groups excluding carboxylic acids is 1. The zero-order chi connectivity index (χ0) is 24.1. The summed E-state index contributed by atoms with van der Waals surface area (Å²) in [6, 6.07) is 11.1. The Balaban J connectivity index is 0.000000654. The second kappa shape index (κ2) is 9.80. The van der Waals surface area contributed by atoms with E-state index in [9.17, 15) is 35.5 Å². The Kier molecular flexibility index (Phi) is 7.60. The second-order valence-electron chi connectivity index (χ2n) is 6.70. The molecule has 1 N–H and O–H groups in total. The largest absolute Gasteiger partial charge is 0.416 e. The lowest BCUT2D eigenvalue weighted by molar-refractivity contribution is -0.137. The number of aromatic nitrogens is 1. The molecule has 0 atom stereocenters. The zero-order valence-electron chi connectivity index (χ0n) is 16.8. The van der Waals surface area contributed by atoms with E-state index in [-0.39, 0.29) is 12.5 Å². The lowest BCUT2D eigenvalue weighted by Gasteiger charge is -2.12. The van der Waals surface area contributed by atoms with Crippen molar-refractivity contribution in [1.82, 2.24) is 4.98 Å². The van der Waals surface area contributed by atoms with Crippen LogP contribution in [0.1, 0.15) is 28.4 Å². The topological polar surface area (TPSA) is 42.0 Å². The number of nitrogens with zero attached hydrogens (tertiary/aromatic N) is 1. The SMILES string of the molecule is CC(F)(F)F.Cc1ccc(C(F)(F)F)cc1-c1ccc(NC(=O)c2ccncc2F)cc1. The van der Waals surface area contributed by atoms with Crippen LogP contribution in [0.15, 0.2) is 60.9 Å². The van der Waals surface area contributed by atoms with Crippen molar-refractivity contribution < 1.29 is 35.5 Å². The van der Waals surface area contributed by atoms with Crippen LogP contribution in [0.3, 0.4) is 0 Å². The molecule has 0 bridgehead atoms. The number of amides is 1. The highest BCUT2D eigenvalue weighted by molar-refractivity contribution is 6.04. The Hall–Kier alpha value is -3.43. The first-order valence-corrected chi connectivity index (χ1v) is 9.01. The van der Waals surface area contributed by atoms with Gasteiger partial charge in [0.1, 0.15) is 0 Å². The van der Waals surface area contributed by atoms with E-state index in [0.717, 1.165) is 18.3 Å². The molecule has 0 saturated heterocycles. The molecule has 0 fully saturated rings. The highest BCUT2D eigenvalue weighted by Gasteiger charge is 2.30. The molecule has 170 valence electrons. The molecule has 3 nitrogen and oxygen atoms in total. The van der Waals surface area contributed by atoms with Crippen LogP contribution < -0.4 is 5.32 Å². The van der Waals surface area contributed by atoms with Crippen LogP contribution in [0.5, 0.6) is 0 Å². The predicted molar refractivity (Wildman–Crippen MR) is 105 cm³/mol. The Morgan fingerprint density at radius 2 is 1.53 bits per heavy atom. The fourth-order valence-corrected chi connectivity index (χ4v) is 2.60. The van der Waals surface area contributed by atoms with Crippen molar-refractivity contribution in [3.05, 3.63) is 83.4 Å². The molecule has 0 aliphatic rings. The summed E-state index contributed by atoms with van der Waals surface area (Å²) in [7, 11) is 0. The van der Waals surface area contributed by atoms with Crippen LogP contribution in [0.2, 0.25) is 0 Å². The number of pyridine rings is 1. The summed E-state index contributed by atoms with van der Waals surface area (Å²) in [5, 5.41) is 2.54. The Morgan fingerprint density at radius 3 is 2.06 bits per heavy atom. The number of hydrogen-bond donors (Lipinski definition) is 1. The number of anilines is 1. The van der Waals surface area contributed by atoms with E-state index in [4.69, 9.17) is 0 Å². The highest BCUT2D eigenvalue weighted by atomic mass is 19.4. The maximum atomic E-state index is 13.6. The number of aryl methyl sites for hydroxylation is 1. The van der Waals surface area contributed by atoms with Crippen LogP contribution in [0, 0.1) is 12.7 Å². The predicted octanol–water partition coefficient (Wildman–Crippen LogP) is 7.04. The maximum Gasteiger partial charge on any atom is 0.416 e. The standard InChI is InChI=1S/C20H14F4N2O.C2H3F3/c1-12-2-5-14(20(22,23)24)10-17(12)13-3-6-15(7-4-13)26-19(27)16-8-9-25-11-18(16)21;1-2(3,4)5/h2-11H,1H3,(H,26,27);1H3. The number of hydrogen-bond acceptors (Lipinski definition) is 2. The van der Waals surface area contributed by atoms with Crippen molar-refractivity contribution >= 4 is 11.6 Å². The molecule has 2 aromatic carbocycles. The van der Waals surface area contributed by atoms with Crippen molar-refractivity contribution in [2.75, 3.05) is 5.32 Å². The smallest absolute Gasteiger partial charge is 0.322 e. The summed E-state index contributed by atoms with van der Waals surface area (Å²) in [5.74, 6) is -1.39. The highest BCUT2D eigenvalue weighted by Crippen LogP contribution is 2.34. The van der Waals surface area contributed by atoms with Crippen molar-refractivity contribution in [3.8, 4) is 11.1 Å². The molecule has 1 aromatic heterocycles. The van der Waals surface area contributed by atoms with Gasteiger partial charge in [-0.3, -0.25) is 9.78 Å². The lowest BCUT2D eigenvalue weighted by Crippen LogP contribution is -2.13. The van der Waals surface area contributed by atoms with Gasteiger partial charge in [0.25, 0.3) is 5.91 Å². The van der Waals surface area contributed by atoms with E-state index in [1.54, 1.807) is 31.2 Å². The number of carbonyl (C=O) groups is 1. The van der Waals surface area contributed by atoms with Gasteiger partial charge in [-0.25, -0.2) is 4.39 Å². The molecular formula is C22H17F7N2O. The summed E-state index contributed by atoms with van der Waals surface area (Å²) in [5.41, 5.74) is 1.23. The molecular weight excluding hydrogens is 441 g/mol. The van der Waals surface area contributed by atoms with Crippen LogP contribution in [0.4, 0.5) is 36.4 Å². The van der Waals surface area contributed by atoms with Gasteiger partial charge in [0.05, 0.1) is 17.3 Å². The van der Waals surface area contributed by atoms with Crippen molar-refractivity contribution in [3.63, 3.8) is 0 Å². The van der Waals surface area contributed by atoms with E-state index < -0.39 is 29.6 Å². The lowest BCUT2D eigenvalue weighted by atomic mass is 9.97. The summed E-state index contributed by atoms with van der Waals surface area (Å²) >= 11 is 0. The van der Waals surface area contributed by atoms with Gasteiger partial charge < -0.3 is 5.32 Å². The Bertz CT molecular complexity index is 1070. The third-order valence-corrected chi connectivity index (χ3v) is 4.04. The van der Waals surface area contributed by atoms with Crippen molar-refractivity contribution in [2.24, 2.45) is 0 Å². The summed E-state index contributed by atoms with van der Waals surface area (Å²) in [6.07, 6.45) is -6.18. The van der Waals surface area contributed by atoms with Crippen molar-refractivity contribution in [1.29, 1.82) is 0 Å². The summed E-state index contributed by atoms with van der Waals surface area (Å²) in [6.45, 7) is 1.91. The molecule has 10 heteroatoms. The Morgan fingerprint density at radius 1 is 0.938 bits per heavy atom. The fraction of sp³-hybridized carbons (Fsp3) is 0.182. The van der Waals surface area contributed by atoms with Gasteiger partial charge in [-0.1, -0.05) is 18.2 Å².